The summed E-state index contributed by atoms with van der Waals surface area (Å²) in [7, 11) is 0. The summed E-state index contributed by atoms with van der Waals surface area (Å²) in [5.41, 5.74) is 2.14. The van der Waals surface area contributed by atoms with Crippen molar-refractivity contribution in [1.82, 2.24) is 0 Å². The maximum absolute atomic E-state index is 12.5. The summed E-state index contributed by atoms with van der Waals surface area (Å²) in [4.78, 5) is 24.4. The quantitative estimate of drug-likeness (QED) is 0.852. The lowest BCUT2D eigenvalue weighted by atomic mass is 9.84. The zero-order valence-electron chi connectivity index (χ0n) is 11.6. The van der Waals surface area contributed by atoms with Gasteiger partial charge < -0.3 is 9.73 Å². The van der Waals surface area contributed by atoms with Crippen LogP contribution < -0.4 is 5.32 Å². The van der Waals surface area contributed by atoms with Gasteiger partial charge in [0.2, 0.25) is 5.91 Å². The molecule has 4 heteroatoms. The molecule has 0 aliphatic carbocycles. The summed E-state index contributed by atoms with van der Waals surface area (Å²) >= 11 is 0. The van der Waals surface area contributed by atoms with E-state index in [0.717, 1.165) is 11.3 Å². The summed E-state index contributed by atoms with van der Waals surface area (Å²) in [6.07, 6.45) is 1.50. The Kier molecular flexibility index (Phi) is 2.57. The lowest BCUT2D eigenvalue weighted by Gasteiger charge is -2.15. The smallest absolute Gasteiger partial charge is 0.234 e. The van der Waals surface area contributed by atoms with E-state index in [4.69, 9.17) is 4.42 Å². The predicted octanol–water partition coefficient (Wildman–Crippen LogP) is 3.05. The number of carbonyl (C=O) groups is 2. The van der Waals surface area contributed by atoms with Gasteiger partial charge in [0.25, 0.3) is 0 Å². The normalized spacial score (nSPS) is 15.8. The molecule has 1 aromatic heterocycles. The molecule has 1 amide bonds. The molecule has 0 fully saturated rings. The van der Waals surface area contributed by atoms with Crippen LogP contribution in [0.15, 0.2) is 34.9 Å². The van der Waals surface area contributed by atoms with Crippen LogP contribution in [0.3, 0.4) is 0 Å². The first-order valence-electron chi connectivity index (χ1n) is 6.46. The van der Waals surface area contributed by atoms with Crippen molar-refractivity contribution in [2.45, 2.75) is 26.2 Å². The molecular formula is C16H15NO3. The number of fused-ring (bicyclic) bond motifs is 1. The van der Waals surface area contributed by atoms with E-state index in [-0.39, 0.29) is 11.7 Å². The van der Waals surface area contributed by atoms with Gasteiger partial charge in [-0.1, -0.05) is 0 Å². The first kappa shape index (κ1) is 12.7. The fraction of sp³-hybridized carbons (Fsp3) is 0.250. The van der Waals surface area contributed by atoms with Gasteiger partial charge >= 0.3 is 0 Å². The Morgan fingerprint density at radius 1 is 1.25 bits per heavy atom. The van der Waals surface area contributed by atoms with Gasteiger partial charge in [0.15, 0.2) is 5.78 Å². The van der Waals surface area contributed by atoms with Gasteiger partial charge in [-0.2, -0.15) is 0 Å². The Bertz CT molecular complexity index is 725. The van der Waals surface area contributed by atoms with Crippen molar-refractivity contribution in [2.75, 3.05) is 5.32 Å². The number of nitrogens with one attached hydrogen (secondary N) is 1. The highest BCUT2D eigenvalue weighted by Crippen LogP contribution is 2.38. The van der Waals surface area contributed by atoms with E-state index >= 15 is 0 Å². The van der Waals surface area contributed by atoms with Crippen molar-refractivity contribution in [2.24, 2.45) is 0 Å². The van der Waals surface area contributed by atoms with E-state index < -0.39 is 5.41 Å². The molecule has 0 saturated heterocycles. The minimum absolute atomic E-state index is 0.0448. The maximum atomic E-state index is 12.5. The Hall–Kier alpha value is -2.36. The molecule has 4 nitrogen and oxygen atoms in total. The number of hydrogen-bond acceptors (Lipinski definition) is 3. The van der Waals surface area contributed by atoms with Crippen molar-refractivity contribution in [3.8, 4) is 0 Å². The third-order valence-electron chi connectivity index (χ3n) is 3.87. The highest BCUT2D eigenvalue weighted by atomic mass is 16.3. The van der Waals surface area contributed by atoms with E-state index in [1.165, 1.54) is 6.26 Å². The average molecular weight is 269 g/mol. The molecule has 1 N–H and O–H groups in total. The largest absolute Gasteiger partial charge is 0.469 e. The first-order chi connectivity index (χ1) is 9.41. The molecule has 1 aromatic carbocycles. The fourth-order valence-electron chi connectivity index (χ4n) is 2.49. The highest BCUT2D eigenvalue weighted by Gasteiger charge is 2.38. The van der Waals surface area contributed by atoms with Crippen LogP contribution in [0.1, 0.15) is 41.1 Å². The second-order valence-corrected chi connectivity index (χ2v) is 5.56. The Morgan fingerprint density at radius 2 is 2.00 bits per heavy atom. The van der Waals surface area contributed by atoms with Gasteiger partial charge in [0, 0.05) is 11.3 Å². The van der Waals surface area contributed by atoms with Gasteiger partial charge in [0.05, 0.1) is 17.2 Å². The molecule has 0 bridgehead atoms. The standard InChI is InChI=1S/C16H15NO3/c1-9-11(6-7-20-9)14(18)10-4-5-13-12(8-10)16(2,3)15(19)17-13/h4-8H,1-3H3,(H,17,19). The summed E-state index contributed by atoms with van der Waals surface area (Å²) in [6, 6.07) is 6.97. The number of hydrogen-bond donors (Lipinski definition) is 1. The molecular weight excluding hydrogens is 254 g/mol. The molecule has 1 aliphatic rings. The second kappa shape index (κ2) is 4.07. The van der Waals surface area contributed by atoms with Gasteiger partial charge in [0.1, 0.15) is 5.76 Å². The average Bonchev–Trinajstić information content (AvgIpc) is 2.92. The van der Waals surface area contributed by atoms with E-state index in [1.807, 2.05) is 13.8 Å². The zero-order chi connectivity index (χ0) is 14.5. The number of rotatable bonds is 2. The second-order valence-electron chi connectivity index (χ2n) is 5.56. The van der Waals surface area contributed by atoms with Crippen LogP contribution >= 0.6 is 0 Å². The molecule has 0 radical (unpaired) electrons. The summed E-state index contributed by atoms with van der Waals surface area (Å²) < 4.78 is 5.17. The lowest BCUT2D eigenvalue weighted by Crippen LogP contribution is -2.27. The van der Waals surface area contributed by atoms with Crippen LogP contribution in [0.25, 0.3) is 0 Å². The van der Waals surface area contributed by atoms with Gasteiger partial charge in [-0.15, -0.1) is 0 Å². The van der Waals surface area contributed by atoms with Crippen LogP contribution in [0.5, 0.6) is 0 Å². The summed E-state index contributed by atoms with van der Waals surface area (Å²) in [6.45, 7) is 5.46. The summed E-state index contributed by atoms with van der Waals surface area (Å²) in [5.74, 6) is 0.467. The molecule has 20 heavy (non-hydrogen) atoms. The number of furan rings is 1. The number of benzene rings is 1. The van der Waals surface area contributed by atoms with Gasteiger partial charge in [-0.3, -0.25) is 9.59 Å². The Labute approximate surface area is 116 Å². The molecule has 0 atom stereocenters. The Balaban J connectivity index is 2.07. The van der Waals surface area contributed by atoms with Gasteiger partial charge in [-0.05, 0) is 50.6 Å². The molecule has 2 heterocycles. The monoisotopic (exact) mass is 269 g/mol. The number of aryl methyl sites for hydroxylation is 1. The summed E-state index contributed by atoms with van der Waals surface area (Å²) in [5, 5.41) is 2.83. The third-order valence-corrected chi connectivity index (χ3v) is 3.87. The van der Waals surface area contributed by atoms with E-state index in [0.29, 0.717) is 16.9 Å². The Morgan fingerprint density at radius 3 is 2.65 bits per heavy atom. The van der Waals surface area contributed by atoms with Crippen LogP contribution in [-0.4, -0.2) is 11.7 Å². The van der Waals surface area contributed by atoms with Gasteiger partial charge in [-0.25, -0.2) is 0 Å². The number of ketones is 1. The lowest BCUT2D eigenvalue weighted by molar-refractivity contribution is -0.119. The molecule has 3 rings (SSSR count). The molecule has 0 saturated carbocycles. The zero-order valence-corrected chi connectivity index (χ0v) is 11.6. The van der Waals surface area contributed by atoms with Crippen LogP contribution in [0.2, 0.25) is 0 Å². The van der Waals surface area contributed by atoms with Crippen molar-refractivity contribution >= 4 is 17.4 Å². The number of carbonyl (C=O) groups excluding carboxylic acids is 2. The van der Waals surface area contributed by atoms with Crippen molar-refractivity contribution in [1.29, 1.82) is 0 Å². The number of amides is 1. The number of anilines is 1. The molecule has 0 spiro atoms. The topological polar surface area (TPSA) is 59.3 Å². The predicted molar refractivity (Wildman–Crippen MR) is 75.0 cm³/mol. The molecule has 0 unspecified atom stereocenters. The SMILES string of the molecule is Cc1occc1C(=O)c1ccc2c(c1)C(C)(C)C(=O)N2. The van der Waals surface area contributed by atoms with E-state index in [9.17, 15) is 9.59 Å². The van der Waals surface area contributed by atoms with Crippen LogP contribution in [0, 0.1) is 6.92 Å². The van der Waals surface area contributed by atoms with Crippen molar-refractivity contribution < 1.29 is 14.0 Å². The fourth-order valence-corrected chi connectivity index (χ4v) is 2.49. The van der Waals surface area contributed by atoms with Crippen molar-refractivity contribution in [3.05, 3.63) is 53.0 Å². The van der Waals surface area contributed by atoms with E-state index in [1.54, 1.807) is 31.2 Å². The third kappa shape index (κ3) is 1.68. The van der Waals surface area contributed by atoms with Crippen LogP contribution in [-0.2, 0) is 10.2 Å². The first-order valence-corrected chi connectivity index (χ1v) is 6.46. The molecule has 1 aliphatic heterocycles. The molecule has 2 aromatic rings. The van der Waals surface area contributed by atoms with Crippen LogP contribution in [0.4, 0.5) is 5.69 Å². The minimum Gasteiger partial charge on any atom is -0.469 e. The minimum atomic E-state index is -0.614. The highest BCUT2D eigenvalue weighted by molar-refractivity contribution is 6.11. The molecule has 102 valence electrons. The van der Waals surface area contributed by atoms with Crippen molar-refractivity contribution in [3.63, 3.8) is 0 Å². The maximum Gasteiger partial charge on any atom is 0.234 e. The van der Waals surface area contributed by atoms with E-state index in [2.05, 4.69) is 5.32 Å².